The van der Waals surface area contributed by atoms with Crippen molar-refractivity contribution in [3.63, 3.8) is 0 Å². The third kappa shape index (κ3) is 5.47. The summed E-state index contributed by atoms with van der Waals surface area (Å²) in [5.74, 6) is 1.30. The Morgan fingerprint density at radius 1 is 1.40 bits per heavy atom. The Labute approximate surface area is 154 Å². The number of aromatic nitrogens is 2. The summed E-state index contributed by atoms with van der Waals surface area (Å²) in [6.45, 7) is 3.42. The molecule has 1 fully saturated rings. The molecule has 1 aliphatic rings. The second kappa shape index (κ2) is 9.44. The molecule has 136 valence electrons. The number of ether oxygens (including phenoxy) is 1. The van der Waals surface area contributed by atoms with Gasteiger partial charge in [0.15, 0.2) is 0 Å². The molecular formula is C18H25ClN4O2. The van der Waals surface area contributed by atoms with E-state index < -0.39 is 0 Å². The molecule has 2 N–H and O–H groups in total. The highest BCUT2D eigenvalue weighted by Gasteiger charge is 2.15. The summed E-state index contributed by atoms with van der Waals surface area (Å²) in [6.07, 6.45) is 5.76. The molecule has 25 heavy (non-hydrogen) atoms. The first-order valence-electron chi connectivity index (χ1n) is 8.39. The van der Waals surface area contributed by atoms with Crippen LogP contribution in [-0.4, -0.2) is 42.4 Å². The minimum Gasteiger partial charge on any atom is -0.497 e. The molecule has 0 saturated carbocycles. The van der Waals surface area contributed by atoms with Crippen LogP contribution in [-0.2, 0) is 6.54 Å². The van der Waals surface area contributed by atoms with Crippen LogP contribution in [0.2, 0.25) is 0 Å². The number of hydrogen-bond acceptors (Lipinski definition) is 4. The molecule has 7 heteroatoms. The highest BCUT2D eigenvalue weighted by Crippen LogP contribution is 2.13. The number of carbonyl (C=O) groups is 1. The van der Waals surface area contributed by atoms with Crippen molar-refractivity contribution in [2.75, 3.05) is 26.7 Å². The number of carbonyl (C=O) groups excluding carboxylic acids is 1. The van der Waals surface area contributed by atoms with E-state index in [4.69, 9.17) is 4.74 Å². The fourth-order valence-corrected chi connectivity index (χ4v) is 2.92. The number of rotatable bonds is 6. The van der Waals surface area contributed by atoms with Crippen molar-refractivity contribution in [1.82, 2.24) is 20.4 Å². The van der Waals surface area contributed by atoms with Crippen LogP contribution >= 0.6 is 12.4 Å². The number of nitrogens with one attached hydrogen (secondary N) is 2. The second-order valence-electron chi connectivity index (χ2n) is 6.20. The molecule has 1 aromatic carbocycles. The molecule has 0 radical (unpaired) electrons. The number of hydrogen-bond donors (Lipinski definition) is 2. The van der Waals surface area contributed by atoms with E-state index in [1.54, 1.807) is 24.2 Å². The summed E-state index contributed by atoms with van der Waals surface area (Å²) in [7, 11) is 1.65. The third-order valence-corrected chi connectivity index (χ3v) is 4.35. The zero-order valence-electron chi connectivity index (χ0n) is 14.4. The largest absolute Gasteiger partial charge is 0.497 e. The van der Waals surface area contributed by atoms with Gasteiger partial charge < -0.3 is 15.4 Å². The van der Waals surface area contributed by atoms with E-state index in [0.717, 1.165) is 30.9 Å². The summed E-state index contributed by atoms with van der Waals surface area (Å²) in [4.78, 5) is 12.2. The zero-order chi connectivity index (χ0) is 16.8. The maximum atomic E-state index is 12.2. The van der Waals surface area contributed by atoms with Crippen LogP contribution in [0.3, 0.4) is 0 Å². The monoisotopic (exact) mass is 364 g/mol. The number of methoxy groups -OCH3 is 1. The van der Waals surface area contributed by atoms with Crippen LogP contribution in [0.5, 0.6) is 5.75 Å². The van der Waals surface area contributed by atoms with Crippen LogP contribution < -0.4 is 15.4 Å². The van der Waals surface area contributed by atoms with Crippen molar-refractivity contribution in [3.8, 4) is 5.75 Å². The van der Waals surface area contributed by atoms with Crippen LogP contribution in [0, 0.1) is 5.92 Å². The quantitative estimate of drug-likeness (QED) is 0.823. The fourth-order valence-electron chi connectivity index (χ4n) is 2.92. The summed E-state index contributed by atoms with van der Waals surface area (Å²) in [6, 6.07) is 7.84. The van der Waals surface area contributed by atoms with Gasteiger partial charge in [0.1, 0.15) is 5.75 Å². The molecule has 6 nitrogen and oxygen atoms in total. The van der Waals surface area contributed by atoms with Crippen molar-refractivity contribution in [3.05, 3.63) is 47.8 Å². The van der Waals surface area contributed by atoms with Gasteiger partial charge >= 0.3 is 0 Å². The molecule has 1 amide bonds. The molecule has 2 aromatic rings. The Bertz CT molecular complexity index is 666. The normalized spacial score (nSPS) is 16.8. The van der Waals surface area contributed by atoms with Crippen LogP contribution in [0.25, 0.3) is 0 Å². The maximum Gasteiger partial charge on any atom is 0.254 e. The van der Waals surface area contributed by atoms with Gasteiger partial charge in [-0.1, -0.05) is 12.1 Å². The minimum absolute atomic E-state index is 0. The summed E-state index contributed by atoms with van der Waals surface area (Å²) < 4.78 is 6.93. The molecule has 3 rings (SSSR count). The van der Waals surface area contributed by atoms with Crippen molar-refractivity contribution in [1.29, 1.82) is 0 Å². The molecule has 0 spiro atoms. The lowest BCUT2D eigenvalue weighted by molar-refractivity contribution is 0.0944. The SMILES string of the molecule is COc1ccc(Cn2cc(C(=O)NCC3CCCNC3)cn2)cc1.Cl. The van der Waals surface area contributed by atoms with Crippen molar-refractivity contribution < 1.29 is 9.53 Å². The molecule has 1 atom stereocenters. The Balaban J connectivity index is 0.00000225. The van der Waals surface area contributed by atoms with Crippen LogP contribution in [0.15, 0.2) is 36.7 Å². The summed E-state index contributed by atoms with van der Waals surface area (Å²) >= 11 is 0. The number of amides is 1. The molecule has 1 aromatic heterocycles. The van der Waals surface area contributed by atoms with Gasteiger partial charge in [0.25, 0.3) is 5.91 Å². The van der Waals surface area contributed by atoms with Crippen molar-refractivity contribution in [2.45, 2.75) is 19.4 Å². The summed E-state index contributed by atoms with van der Waals surface area (Å²) in [5, 5.41) is 10.7. The van der Waals surface area contributed by atoms with Gasteiger partial charge in [-0.3, -0.25) is 9.48 Å². The molecule has 0 aliphatic carbocycles. The number of halogens is 1. The Kier molecular flexibility index (Phi) is 7.28. The average molecular weight is 365 g/mol. The van der Waals surface area contributed by atoms with E-state index >= 15 is 0 Å². The summed E-state index contributed by atoms with van der Waals surface area (Å²) in [5.41, 5.74) is 1.71. The second-order valence-corrected chi connectivity index (χ2v) is 6.20. The number of piperidine rings is 1. The topological polar surface area (TPSA) is 68.2 Å². The molecule has 1 unspecified atom stereocenters. The first-order chi connectivity index (χ1) is 11.7. The lowest BCUT2D eigenvalue weighted by Crippen LogP contribution is -2.38. The standard InChI is InChI=1S/C18H24N4O2.ClH/c1-24-17-6-4-14(5-7-17)12-22-13-16(11-21-22)18(23)20-10-15-3-2-8-19-9-15;/h4-7,11,13,15,19H,2-3,8-10,12H2,1H3,(H,20,23);1H. The van der Waals surface area contributed by atoms with Gasteiger partial charge in [0.2, 0.25) is 0 Å². The molecule has 2 heterocycles. The first kappa shape index (κ1) is 19.3. The molecule has 1 saturated heterocycles. The van der Waals surface area contributed by atoms with E-state index in [1.807, 2.05) is 24.3 Å². The Morgan fingerprint density at radius 2 is 2.20 bits per heavy atom. The lowest BCUT2D eigenvalue weighted by atomic mass is 10.00. The van der Waals surface area contributed by atoms with E-state index in [-0.39, 0.29) is 18.3 Å². The predicted octanol–water partition coefficient (Wildman–Crippen LogP) is 2.09. The van der Waals surface area contributed by atoms with E-state index in [0.29, 0.717) is 18.0 Å². The highest BCUT2D eigenvalue weighted by molar-refractivity contribution is 5.93. The van der Waals surface area contributed by atoms with Crippen LogP contribution in [0.4, 0.5) is 0 Å². The maximum absolute atomic E-state index is 12.2. The van der Waals surface area contributed by atoms with Gasteiger partial charge in [-0.15, -0.1) is 12.4 Å². The van der Waals surface area contributed by atoms with Gasteiger partial charge in [-0.2, -0.15) is 5.10 Å². The van der Waals surface area contributed by atoms with E-state index in [1.165, 1.54) is 12.8 Å². The smallest absolute Gasteiger partial charge is 0.254 e. The zero-order valence-corrected chi connectivity index (χ0v) is 15.2. The average Bonchev–Trinajstić information content (AvgIpc) is 3.10. The van der Waals surface area contributed by atoms with Gasteiger partial charge in [-0.25, -0.2) is 0 Å². The Morgan fingerprint density at radius 3 is 2.88 bits per heavy atom. The molecular weight excluding hydrogens is 340 g/mol. The fraction of sp³-hybridized carbons (Fsp3) is 0.444. The third-order valence-electron chi connectivity index (χ3n) is 4.35. The number of nitrogens with zero attached hydrogens (tertiary/aromatic N) is 2. The molecule has 1 aliphatic heterocycles. The Hall–Kier alpha value is -2.05. The number of benzene rings is 1. The van der Waals surface area contributed by atoms with Crippen LogP contribution in [0.1, 0.15) is 28.8 Å². The van der Waals surface area contributed by atoms with E-state index in [2.05, 4.69) is 15.7 Å². The van der Waals surface area contributed by atoms with Gasteiger partial charge in [0.05, 0.1) is 25.4 Å². The van der Waals surface area contributed by atoms with Crippen molar-refractivity contribution >= 4 is 18.3 Å². The molecule has 0 bridgehead atoms. The van der Waals surface area contributed by atoms with Crippen molar-refractivity contribution in [2.24, 2.45) is 5.92 Å². The minimum atomic E-state index is -0.0541. The lowest BCUT2D eigenvalue weighted by Gasteiger charge is -2.22. The van der Waals surface area contributed by atoms with E-state index in [9.17, 15) is 4.79 Å². The highest BCUT2D eigenvalue weighted by atomic mass is 35.5. The van der Waals surface area contributed by atoms with Gasteiger partial charge in [-0.05, 0) is 49.5 Å². The predicted molar refractivity (Wildman–Crippen MR) is 99.5 cm³/mol. The van der Waals surface area contributed by atoms with Gasteiger partial charge in [0, 0.05) is 12.7 Å². The first-order valence-corrected chi connectivity index (χ1v) is 8.39.